The van der Waals surface area contributed by atoms with Crippen LogP contribution in [0.4, 0.5) is 0 Å². The predicted octanol–water partition coefficient (Wildman–Crippen LogP) is 10.6. The molecule has 0 N–H and O–H groups in total. The Labute approximate surface area is 287 Å². The fourth-order valence-corrected chi connectivity index (χ4v) is 6.52. The van der Waals surface area contributed by atoms with Gasteiger partial charge in [-0.2, -0.15) is 0 Å². The Hall–Kier alpha value is -4.15. The maximum absolute atomic E-state index is 6.37. The van der Waals surface area contributed by atoms with Gasteiger partial charge in [-0.25, -0.2) is 0 Å². The van der Waals surface area contributed by atoms with Crippen molar-refractivity contribution in [3.63, 3.8) is 0 Å². The largest absolute Gasteiger partial charge is 0.501 e. The molecular formula is C41H38IrN2OSi-2. The zero-order valence-corrected chi connectivity index (χ0v) is 30.6. The molecule has 0 saturated heterocycles. The molecule has 0 amide bonds. The van der Waals surface area contributed by atoms with Crippen LogP contribution in [0.15, 0.2) is 120 Å². The average molecular weight is 795 g/mol. The van der Waals surface area contributed by atoms with Crippen molar-refractivity contribution in [3.05, 3.63) is 139 Å². The Morgan fingerprint density at radius 3 is 2.24 bits per heavy atom. The molecular weight excluding hydrogens is 757 g/mol. The van der Waals surface area contributed by atoms with Gasteiger partial charge in [0.25, 0.3) is 0 Å². The molecule has 0 atom stereocenters. The number of fused-ring (bicyclic) bond motifs is 3. The second kappa shape index (κ2) is 14.1. The molecule has 0 fully saturated rings. The van der Waals surface area contributed by atoms with Crippen molar-refractivity contribution in [1.82, 2.24) is 9.97 Å². The Morgan fingerprint density at radius 2 is 1.54 bits per heavy atom. The maximum atomic E-state index is 6.37. The quantitative estimate of drug-likeness (QED) is 0.129. The summed E-state index contributed by atoms with van der Waals surface area (Å²) < 4.78 is 6.37. The van der Waals surface area contributed by atoms with Crippen LogP contribution in [0.2, 0.25) is 19.6 Å². The molecule has 0 aliphatic rings. The molecule has 7 aromatic rings. The monoisotopic (exact) mass is 795 g/mol. The summed E-state index contributed by atoms with van der Waals surface area (Å²) in [6.07, 6.45) is 3.89. The van der Waals surface area contributed by atoms with Gasteiger partial charge in [0, 0.05) is 37.9 Å². The number of benzene rings is 4. The van der Waals surface area contributed by atoms with Gasteiger partial charge in [0.15, 0.2) is 0 Å². The molecule has 0 aliphatic heterocycles. The molecule has 5 heteroatoms. The molecule has 0 unspecified atom stereocenters. The van der Waals surface area contributed by atoms with Crippen LogP contribution in [0.1, 0.15) is 30.9 Å². The number of hydrogen-bond donors (Lipinski definition) is 0. The van der Waals surface area contributed by atoms with Crippen LogP contribution >= 0.6 is 0 Å². The molecule has 0 aliphatic carbocycles. The van der Waals surface area contributed by atoms with Crippen molar-refractivity contribution >= 4 is 35.2 Å². The number of aromatic nitrogens is 2. The van der Waals surface area contributed by atoms with E-state index in [1.807, 2.05) is 42.7 Å². The van der Waals surface area contributed by atoms with Gasteiger partial charge in [-0.05, 0) is 58.2 Å². The normalized spacial score (nSPS) is 11.3. The van der Waals surface area contributed by atoms with Gasteiger partial charge >= 0.3 is 0 Å². The van der Waals surface area contributed by atoms with Crippen LogP contribution in [-0.2, 0) is 20.1 Å². The Morgan fingerprint density at radius 1 is 0.739 bits per heavy atom. The van der Waals surface area contributed by atoms with Crippen molar-refractivity contribution in [2.75, 3.05) is 0 Å². The van der Waals surface area contributed by atoms with Gasteiger partial charge in [0.05, 0.1) is 13.7 Å². The number of aryl methyl sites for hydroxylation is 1. The van der Waals surface area contributed by atoms with Crippen LogP contribution in [-0.4, -0.2) is 18.0 Å². The van der Waals surface area contributed by atoms with Gasteiger partial charge in [-0.1, -0.05) is 105 Å². The summed E-state index contributed by atoms with van der Waals surface area (Å²) in [6.45, 7) is 13.5. The molecule has 7 rings (SSSR count). The molecule has 3 nitrogen and oxygen atoms in total. The standard InChI is InChI=1S/C27H22NO.C14H16NSi.Ir/c1-17(2)19-13-14-28-25(15-19)24-10-6-9-23-22-12-11-20(16-26(22)29-27(23)24)21-8-5-4-7-18(21)3;1-16(2,3)13-9-10-14(15-11-13)12-7-5-4-6-8-12;/h4-9,11-17H,1-3H3;4-7,9-11H,1-3H3;/q2*-1;. The summed E-state index contributed by atoms with van der Waals surface area (Å²) in [4.78, 5) is 9.12. The van der Waals surface area contributed by atoms with Gasteiger partial charge in [0.2, 0.25) is 0 Å². The fourth-order valence-electron chi connectivity index (χ4n) is 5.49. The number of pyridine rings is 2. The Balaban J connectivity index is 0.000000209. The molecule has 3 heterocycles. The zero-order valence-electron chi connectivity index (χ0n) is 27.2. The van der Waals surface area contributed by atoms with E-state index >= 15 is 0 Å². The smallest absolute Gasteiger partial charge is 0.121 e. The van der Waals surface area contributed by atoms with Gasteiger partial charge in [-0.15, -0.1) is 54.1 Å². The third-order valence-electron chi connectivity index (χ3n) is 8.21. The van der Waals surface area contributed by atoms with Gasteiger partial charge < -0.3 is 14.4 Å². The van der Waals surface area contributed by atoms with Crippen molar-refractivity contribution in [1.29, 1.82) is 0 Å². The van der Waals surface area contributed by atoms with Gasteiger partial charge in [-0.3, -0.25) is 0 Å². The second-order valence-corrected chi connectivity index (χ2v) is 17.9. The first-order valence-corrected chi connectivity index (χ1v) is 19.0. The van der Waals surface area contributed by atoms with E-state index in [1.54, 1.807) is 0 Å². The fraction of sp³-hybridized carbons (Fsp3) is 0.171. The summed E-state index contributed by atoms with van der Waals surface area (Å²) >= 11 is 0. The minimum Gasteiger partial charge on any atom is -0.501 e. The maximum Gasteiger partial charge on any atom is 0.121 e. The van der Waals surface area contributed by atoms with Crippen molar-refractivity contribution in [2.24, 2.45) is 0 Å². The van der Waals surface area contributed by atoms with E-state index in [0.29, 0.717) is 5.92 Å². The minimum atomic E-state index is -1.23. The summed E-state index contributed by atoms with van der Waals surface area (Å²) in [5.74, 6) is 0.447. The zero-order chi connectivity index (χ0) is 31.6. The molecule has 233 valence electrons. The van der Waals surface area contributed by atoms with Crippen LogP contribution in [0.3, 0.4) is 0 Å². The van der Waals surface area contributed by atoms with Crippen LogP contribution in [0.25, 0.3) is 55.6 Å². The van der Waals surface area contributed by atoms with E-state index in [9.17, 15) is 0 Å². The number of rotatable bonds is 5. The van der Waals surface area contributed by atoms with Crippen LogP contribution in [0.5, 0.6) is 0 Å². The number of nitrogens with zero attached hydrogens (tertiary/aromatic N) is 2. The first-order valence-electron chi connectivity index (χ1n) is 15.5. The first-order chi connectivity index (χ1) is 21.7. The molecule has 0 saturated carbocycles. The summed E-state index contributed by atoms with van der Waals surface area (Å²) in [5.41, 5.74) is 10.5. The van der Waals surface area contributed by atoms with E-state index < -0.39 is 8.07 Å². The first kappa shape index (κ1) is 33.2. The summed E-state index contributed by atoms with van der Waals surface area (Å²) in [5, 5.41) is 3.61. The van der Waals surface area contributed by atoms with E-state index in [0.717, 1.165) is 44.5 Å². The summed E-state index contributed by atoms with van der Waals surface area (Å²) in [6, 6.07) is 41.9. The third-order valence-corrected chi connectivity index (χ3v) is 10.2. The van der Waals surface area contributed by atoms with E-state index in [-0.39, 0.29) is 20.1 Å². The molecule has 0 bridgehead atoms. The second-order valence-electron chi connectivity index (χ2n) is 12.8. The van der Waals surface area contributed by atoms with Crippen LogP contribution < -0.4 is 5.19 Å². The third kappa shape index (κ3) is 7.13. The van der Waals surface area contributed by atoms with Crippen molar-refractivity contribution in [2.45, 2.75) is 46.3 Å². The van der Waals surface area contributed by atoms with Crippen LogP contribution in [0, 0.1) is 19.1 Å². The van der Waals surface area contributed by atoms with Crippen molar-refractivity contribution in [3.8, 4) is 33.6 Å². The minimum absolute atomic E-state index is 0. The number of furan rings is 1. The van der Waals surface area contributed by atoms with E-state index in [1.165, 1.54) is 27.4 Å². The molecule has 0 spiro atoms. The number of hydrogen-bond acceptors (Lipinski definition) is 3. The topological polar surface area (TPSA) is 38.9 Å². The van der Waals surface area contributed by atoms with E-state index in [4.69, 9.17) is 4.42 Å². The van der Waals surface area contributed by atoms with Crippen molar-refractivity contribution < 1.29 is 24.5 Å². The van der Waals surface area contributed by atoms with E-state index in [2.05, 4.69) is 135 Å². The summed E-state index contributed by atoms with van der Waals surface area (Å²) in [7, 11) is -1.23. The molecule has 46 heavy (non-hydrogen) atoms. The average Bonchev–Trinajstić information content (AvgIpc) is 3.43. The molecule has 3 aromatic heterocycles. The Kier molecular flexibility index (Phi) is 10.2. The SMILES string of the molecule is C[Si](C)(C)c1ccc(-c2[c-]cccc2)nc1.Cc1ccccc1-c1ccc2c(c1)oc1c(-c3cc(C(C)C)ccn3)[c-]ccc12.[Ir]. The molecule has 4 aromatic carbocycles. The van der Waals surface area contributed by atoms with Gasteiger partial charge in [0.1, 0.15) is 5.58 Å². The Bertz CT molecular complexity index is 2080. The molecule has 1 radical (unpaired) electrons. The predicted molar refractivity (Wildman–Crippen MR) is 192 cm³/mol.